The van der Waals surface area contributed by atoms with Gasteiger partial charge in [-0.05, 0) is 6.07 Å². The van der Waals surface area contributed by atoms with Crippen LogP contribution in [-0.4, -0.2) is 53.4 Å². The topological polar surface area (TPSA) is 106 Å². The molecule has 102 valence electrons. The number of amides is 1. The first-order valence-corrected chi connectivity index (χ1v) is 5.94. The van der Waals surface area contributed by atoms with Gasteiger partial charge in [0.1, 0.15) is 11.9 Å². The SMILES string of the molecule is NCC(=O)N1CCN(c2ccncc2[N+](=O)[O-])CC1. The number of rotatable bonds is 3. The molecule has 1 aromatic rings. The molecule has 1 aliphatic heterocycles. The van der Waals surface area contributed by atoms with E-state index in [1.165, 1.54) is 12.4 Å². The number of carbonyl (C=O) groups is 1. The number of pyridine rings is 1. The van der Waals surface area contributed by atoms with Crippen LogP contribution in [0.5, 0.6) is 0 Å². The summed E-state index contributed by atoms with van der Waals surface area (Å²) in [5, 5.41) is 10.9. The summed E-state index contributed by atoms with van der Waals surface area (Å²) in [7, 11) is 0. The van der Waals surface area contributed by atoms with Crippen molar-refractivity contribution in [2.24, 2.45) is 5.73 Å². The number of aromatic nitrogens is 1. The van der Waals surface area contributed by atoms with Crippen LogP contribution in [0.25, 0.3) is 0 Å². The Kier molecular flexibility index (Phi) is 3.91. The molecule has 1 aromatic heterocycles. The van der Waals surface area contributed by atoms with Crippen molar-refractivity contribution in [3.63, 3.8) is 0 Å². The highest BCUT2D eigenvalue weighted by molar-refractivity contribution is 5.78. The summed E-state index contributed by atoms with van der Waals surface area (Å²) in [6, 6.07) is 1.62. The Bertz CT molecular complexity index is 485. The van der Waals surface area contributed by atoms with E-state index in [9.17, 15) is 14.9 Å². The van der Waals surface area contributed by atoms with Crippen molar-refractivity contribution in [1.29, 1.82) is 0 Å². The largest absolute Gasteiger partial charge is 0.362 e. The second kappa shape index (κ2) is 5.61. The monoisotopic (exact) mass is 265 g/mol. The fourth-order valence-corrected chi connectivity index (χ4v) is 2.11. The van der Waals surface area contributed by atoms with Crippen LogP contribution in [0.2, 0.25) is 0 Å². The molecule has 1 fully saturated rings. The lowest BCUT2D eigenvalue weighted by atomic mass is 10.2. The first-order valence-electron chi connectivity index (χ1n) is 5.94. The lowest BCUT2D eigenvalue weighted by molar-refractivity contribution is -0.384. The second-order valence-corrected chi connectivity index (χ2v) is 4.19. The Morgan fingerprint density at radius 1 is 1.42 bits per heavy atom. The van der Waals surface area contributed by atoms with Gasteiger partial charge in [0.05, 0.1) is 11.5 Å². The molecule has 0 atom stereocenters. The van der Waals surface area contributed by atoms with Crippen molar-refractivity contribution >= 4 is 17.3 Å². The van der Waals surface area contributed by atoms with E-state index < -0.39 is 4.92 Å². The molecule has 0 bridgehead atoms. The molecule has 19 heavy (non-hydrogen) atoms. The van der Waals surface area contributed by atoms with E-state index >= 15 is 0 Å². The first kappa shape index (κ1) is 13.2. The fraction of sp³-hybridized carbons (Fsp3) is 0.455. The normalized spacial score (nSPS) is 15.4. The zero-order valence-electron chi connectivity index (χ0n) is 10.4. The minimum absolute atomic E-state index is 0.00456. The van der Waals surface area contributed by atoms with E-state index in [0.29, 0.717) is 31.9 Å². The summed E-state index contributed by atoms with van der Waals surface area (Å²) in [6.45, 7) is 2.15. The van der Waals surface area contributed by atoms with E-state index in [2.05, 4.69) is 4.98 Å². The third-order valence-electron chi connectivity index (χ3n) is 3.12. The third-order valence-corrected chi connectivity index (χ3v) is 3.12. The van der Waals surface area contributed by atoms with E-state index in [1.54, 1.807) is 11.0 Å². The summed E-state index contributed by atoms with van der Waals surface area (Å²) in [5.74, 6) is -0.0936. The maximum atomic E-state index is 11.4. The fourth-order valence-electron chi connectivity index (χ4n) is 2.11. The zero-order chi connectivity index (χ0) is 13.8. The predicted octanol–water partition coefficient (Wildman–Crippen LogP) is -0.403. The molecule has 0 spiro atoms. The van der Waals surface area contributed by atoms with Crippen LogP contribution in [0, 0.1) is 10.1 Å². The highest BCUT2D eigenvalue weighted by Crippen LogP contribution is 2.27. The van der Waals surface area contributed by atoms with Crippen molar-refractivity contribution in [2.45, 2.75) is 0 Å². The van der Waals surface area contributed by atoms with Crippen LogP contribution in [0.15, 0.2) is 18.5 Å². The van der Waals surface area contributed by atoms with Crippen molar-refractivity contribution in [3.05, 3.63) is 28.6 Å². The van der Waals surface area contributed by atoms with E-state index in [0.717, 1.165) is 0 Å². The summed E-state index contributed by atoms with van der Waals surface area (Å²) in [6.07, 6.45) is 2.77. The molecule has 0 radical (unpaired) electrons. The molecule has 8 nitrogen and oxygen atoms in total. The van der Waals surface area contributed by atoms with Crippen molar-refractivity contribution in [3.8, 4) is 0 Å². The number of nitrogens with zero attached hydrogens (tertiary/aromatic N) is 4. The lowest BCUT2D eigenvalue weighted by Crippen LogP contribution is -2.50. The molecule has 0 unspecified atom stereocenters. The third kappa shape index (κ3) is 2.79. The average Bonchev–Trinajstić information content (AvgIpc) is 2.46. The predicted molar refractivity (Wildman–Crippen MR) is 68.7 cm³/mol. The molecule has 1 aliphatic rings. The average molecular weight is 265 g/mol. The molecule has 1 amide bonds. The number of hydrogen-bond acceptors (Lipinski definition) is 6. The maximum absolute atomic E-state index is 11.4. The molecule has 2 rings (SSSR count). The van der Waals surface area contributed by atoms with Crippen LogP contribution in [0.3, 0.4) is 0 Å². The van der Waals surface area contributed by atoms with Gasteiger partial charge in [-0.1, -0.05) is 0 Å². The van der Waals surface area contributed by atoms with Gasteiger partial charge in [-0.3, -0.25) is 19.9 Å². The van der Waals surface area contributed by atoms with E-state index in [-0.39, 0.29) is 18.1 Å². The standard InChI is InChI=1S/C11H15N5O3/c12-7-11(17)15-5-3-14(4-6-15)9-1-2-13-8-10(9)16(18)19/h1-2,8H,3-7,12H2. The maximum Gasteiger partial charge on any atom is 0.310 e. The highest BCUT2D eigenvalue weighted by atomic mass is 16.6. The van der Waals surface area contributed by atoms with Gasteiger partial charge < -0.3 is 15.5 Å². The molecule has 2 N–H and O–H groups in total. The van der Waals surface area contributed by atoms with Crippen LogP contribution < -0.4 is 10.6 Å². The molecule has 0 aliphatic carbocycles. The summed E-state index contributed by atoms with van der Waals surface area (Å²) >= 11 is 0. The Hall–Kier alpha value is -2.22. The van der Waals surface area contributed by atoms with Crippen LogP contribution in [0.4, 0.5) is 11.4 Å². The number of nitrogens with two attached hydrogens (primary N) is 1. The Morgan fingerprint density at radius 3 is 2.68 bits per heavy atom. The Balaban J connectivity index is 2.10. The molecule has 1 saturated heterocycles. The second-order valence-electron chi connectivity index (χ2n) is 4.19. The molecule has 0 saturated carbocycles. The summed E-state index contributed by atoms with van der Waals surface area (Å²) in [4.78, 5) is 29.3. The number of piperazine rings is 1. The van der Waals surface area contributed by atoms with Gasteiger partial charge in [-0.15, -0.1) is 0 Å². The quantitative estimate of drug-likeness (QED) is 0.588. The lowest BCUT2D eigenvalue weighted by Gasteiger charge is -2.35. The number of carbonyl (C=O) groups excluding carboxylic acids is 1. The van der Waals surface area contributed by atoms with Crippen molar-refractivity contribution < 1.29 is 9.72 Å². The molecular weight excluding hydrogens is 250 g/mol. The molecule has 8 heteroatoms. The van der Waals surface area contributed by atoms with Gasteiger partial charge in [0.2, 0.25) is 5.91 Å². The van der Waals surface area contributed by atoms with E-state index in [4.69, 9.17) is 5.73 Å². The molecular formula is C11H15N5O3. The van der Waals surface area contributed by atoms with Crippen LogP contribution in [-0.2, 0) is 4.79 Å². The van der Waals surface area contributed by atoms with Gasteiger partial charge in [0, 0.05) is 32.4 Å². The summed E-state index contributed by atoms with van der Waals surface area (Å²) < 4.78 is 0. The summed E-state index contributed by atoms with van der Waals surface area (Å²) in [5.41, 5.74) is 5.84. The van der Waals surface area contributed by atoms with Gasteiger partial charge >= 0.3 is 5.69 Å². The first-order chi connectivity index (χ1) is 9.13. The Labute approximate surface area is 110 Å². The minimum Gasteiger partial charge on any atom is -0.362 e. The van der Waals surface area contributed by atoms with Gasteiger partial charge in [0.15, 0.2) is 0 Å². The zero-order valence-corrected chi connectivity index (χ0v) is 10.4. The van der Waals surface area contributed by atoms with E-state index in [1.807, 2.05) is 4.90 Å². The number of nitro groups is 1. The smallest absolute Gasteiger partial charge is 0.310 e. The van der Waals surface area contributed by atoms with Crippen LogP contribution in [0.1, 0.15) is 0 Å². The molecule has 0 aromatic carbocycles. The highest BCUT2D eigenvalue weighted by Gasteiger charge is 2.25. The van der Waals surface area contributed by atoms with Gasteiger partial charge in [-0.2, -0.15) is 0 Å². The number of anilines is 1. The van der Waals surface area contributed by atoms with Crippen molar-refractivity contribution in [1.82, 2.24) is 9.88 Å². The number of hydrogen-bond donors (Lipinski definition) is 1. The van der Waals surface area contributed by atoms with Crippen LogP contribution >= 0.6 is 0 Å². The molecule has 2 heterocycles. The van der Waals surface area contributed by atoms with Gasteiger partial charge in [0.25, 0.3) is 0 Å². The minimum atomic E-state index is -0.445. The van der Waals surface area contributed by atoms with Crippen molar-refractivity contribution in [2.75, 3.05) is 37.6 Å². The van der Waals surface area contributed by atoms with Gasteiger partial charge in [-0.25, -0.2) is 0 Å². The Morgan fingerprint density at radius 2 is 2.11 bits per heavy atom.